The summed E-state index contributed by atoms with van der Waals surface area (Å²) in [5, 5.41) is 3.20. The Bertz CT molecular complexity index is 680. The largest absolute Gasteiger partial charge is 0.484 e. The number of anilines is 1. The van der Waals surface area contributed by atoms with Crippen LogP contribution in [0.5, 0.6) is 5.75 Å². The predicted octanol–water partition coefficient (Wildman–Crippen LogP) is 4.29. The first-order valence-electron chi connectivity index (χ1n) is 5.78. The summed E-state index contributed by atoms with van der Waals surface area (Å²) in [4.78, 5) is 11.7. The Morgan fingerprint density at radius 3 is 2.48 bits per heavy atom. The van der Waals surface area contributed by atoms with Crippen LogP contribution in [0.3, 0.4) is 0 Å². The summed E-state index contributed by atoms with van der Waals surface area (Å²) in [5.74, 6) is -2.45. The topological polar surface area (TPSA) is 38.3 Å². The number of carbonyl (C=O) groups excluding carboxylic acids is 1. The molecule has 0 spiro atoms. The highest BCUT2D eigenvalue weighted by Crippen LogP contribution is 2.25. The van der Waals surface area contributed by atoms with E-state index in [1.165, 1.54) is 18.2 Å². The van der Waals surface area contributed by atoms with Crippen molar-refractivity contribution in [2.24, 2.45) is 0 Å². The maximum Gasteiger partial charge on any atom is 0.262 e. The zero-order valence-corrected chi connectivity index (χ0v) is 12.0. The fourth-order valence-electron chi connectivity index (χ4n) is 1.49. The van der Waals surface area contributed by atoms with E-state index in [0.29, 0.717) is 15.7 Å². The number of ether oxygens (including phenoxy) is 1. The minimum Gasteiger partial charge on any atom is -0.484 e. The Morgan fingerprint density at radius 1 is 1.05 bits per heavy atom. The Kier molecular flexibility index (Phi) is 4.98. The number of carbonyl (C=O) groups is 1. The molecule has 1 amide bonds. The Balaban J connectivity index is 1.92. The van der Waals surface area contributed by atoms with E-state index >= 15 is 0 Å². The number of nitrogens with one attached hydrogen (secondary N) is 1. The van der Waals surface area contributed by atoms with Crippen molar-refractivity contribution >= 4 is 34.8 Å². The van der Waals surface area contributed by atoms with Gasteiger partial charge in [-0.2, -0.15) is 0 Å². The van der Waals surface area contributed by atoms with Gasteiger partial charge in [0, 0.05) is 11.8 Å². The van der Waals surface area contributed by atoms with E-state index in [1.807, 2.05) is 0 Å². The molecule has 0 aromatic heterocycles. The van der Waals surface area contributed by atoms with Gasteiger partial charge in [-0.25, -0.2) is 8.78 Å². The van der Waals surface area contributed by atoms with Crippen molar-refractivity contribution in [3.8, 4) is 5.75 Å². The first-order chi connectivity index (χ1) is 9.95. The molecule has 0 fully saturated rings. The zero-order chi connectivity index (χ0) is 15.4. The molecule has 7 heteroatoms. The molecule has 0 aliphatic rings. The van der Waals surface area contributed by atoms with Crippen molar-refractivity contribution in [2.75, 3.05) is 11.9 Å². The van der Waals surface area contributed by atoms with Gasteiger partial charge in [0.15, 0.2) is 18.2 Å². The maximum absolute atomic E-state index is 13.0. The molecule has 110 valence electrons. The first-order valence-corrected chi connectivity index (χ1v) is 6.54. The predicted molar refractivity (Wildman–Crippen MR) is 76.9 cm³/mol. The van der Waals surface area contributed by atoms with Crippen LogP contribution in [0.25, 0.3) is 0 Å². The van der Waals surface area contributed by atoms with Crippen molar-refractivity contribution < 1.29 is 18.3 Å². The molecule has 0 heterocycles. The summed E-state index contributed by atoms with van der Waals surface area (Å²) in [7, 11) is 0. The van der Waals surface area contributed by atoms with Crippen LogP contribution in [-0.4, -0.2) is 12.5 Å². The molecule has 0 aliphatic carbocycles. The number of halogens is 4. The normalized spacial score (nSPS) is 10.3. The van der Waals surface area contributed by atoms with E-state index in [9.17, 15) is 13.6 Å². The molecule has 3 nitrogen and oxygen atoms in total. The van der Waals surface area contributed by atoms with Gasteiger partial charge in [-0.15, -0.1) is 0 Å². The molecule has 21 heavy (non-hydrogen) atoms. The highest BCUT2D eigenvalue weighted by Gasteiger charge is 2.07. The second kappa shape index (κ2) is 6.74. The summed E-state index contributed by atoms with van der Waals surface area (Å²) in [6.07, 6.45) is 0. The highest BCUT2D eigenvalue weighted by molar-refractivity contribution is 6.42. The lowest BCUT2D eigenvalue weighted by molar-refractivity contribution is -0.118. The summed E-state index contributed by atoms with van der Waals surface area (Å²) < 4.78 is 30.7. The molecule has 0 saturated carbocycles. The number of hydrogen-bond acceptors (Lipinski definition) is 2. The lowest BCUT2D eigenvalue weighted by Crippen LogP contribution is -2.20. The van der Waals surface area contributed by atoms with Crippen molar-refractivity contribution in [1.82, 2.24) is 0 Å². The minimum absolute atomic E-state index is 0.0539. The Labute approximate surface area is 129 Å². The van der Waals surface area contributed by atoms with Gasteiger partial charge in [0.25, 0.3) is 5.91 Å². The third-order valence-corrected chi connectivity index (χ3v) is 3.20. The van der Waals surface area contributed by atoms with Gasteiger partial charge < -0.3 is 10.1 Å². The van der Waals surface area contributed by atoms with E-state index in [-0.39, 0.29) is 12.4 Å². The summed E-state index contributed by atoms with van der Waals surface area (Å²) in [6.45, 7) is -0.356. The summed E-state index contributed by atoms with van der Waals surface area (Å²) in [5.41, 5.74) is 0.447. The Morgan fingerprint density at radius 2 is 1.81 bits per heavy atom. The first kappa shape index (κ1) is 15.5. The summed E-state index contributed by atoms with van der Waals surface area (Å²) in [6, 6.07) is 7.60. The molecule has 2 aromatic rings. The highest BCUT2D eigenvalue weighted by atomic mass is 35.5. The van der Waals surface area contributed by atoms with Crippen LogP contribution in [-0.2, 0) is 4.79 Å². The fourth-order valence-corrected chi connectivity index (χ4v) is 1.78. The van der Waals surface area contributed by atoms with Gasteiger partial charge in [0.1, 0.15) is 5.75 Å². The summed E-state index contributed by atoms with van der Waals surface area (Å²) >= 11 is 11.6. The monoisotopic (exact) mass is 331 g/mol. The van der Waals surface area contributed by atoms with E-state index < -0.39 is 17.5 Å². The number of hydrogen-bond donors (Lipinski definition) is 1. The van der Waals surface area contributed by atoms with Gasteiger partial charge in [-0.3, -0.25) is 4.79 Å². The van der Waals surface area contributed by atoms with Crippen LogP contribution in [0.2, 0.25) is 10.0 Å². The average molecular weight is 332 g/mol. The Hall–Kier alpha value is -1.85. The third-order valence-electron chi connectivity index (χ3n) is 2.46. The van der Waals surface area contributed by atoms with Crippen molar-refractivity contribution in [3.05, 3.63) is 58.1 Å². The van der Waals surface area contributed by atoms with E-state index in [2.05, 4.69) is 5.32 Å². The number of benzene rings is 2. The second-order valence-electron chi connectivity index (χ2n) is 4.04. The molecule has 0 atom stereocenters. The minimum atomic E-state index is -1.04. The van der Waals surface area contributed by atoms with Crippen LogP contribution >= 0.6 is 23.2 Å². The van der Waals surface area contributed by atoms with Gasteiger partial charge in [0.05, 0.1) is 10.0 Å². The van der Waals surface area contributed by atoms with Crippen molar-refractivity contribution in [2.45, 2.75) is 0 Å². The van der Waals surface area contributed by atoms with E-state index in [4.69, 9.17) is 27.9 Å². The molecular weight excluding hydrogens is 323 g/mol. The molecule has 2 rings (SSSR count). The van der Waals surface area contributed by atoms with Crippen LogP contribution < -0.4 is 10.1 Å². The molecule has 0 aliphatic heterocycles. The number of rotatable bonds is 4. The molecule has 0 radical (unpaired) electrons. The average Bonchev–Trinajstić information content (AvgIpc) is 2.44. The third kappa shape index (κ3) is 4.31. The quantitative estimate of drug-likeness (QED) is 0.907. The van der Waals surface area contributed by atoms with Crippen LogP contribution in [0.1, 0.15) is 0 Å². The van der Waals surface area contributed by atoms with Crippen molar-refractivity contribution in [1.29, 1.82) is 0 Å². The van der Waals surface area contributed by atoms with Crippen molar-refractivity contribution in [3.63, 3.8) is 0 Å². The molecular formula is C14H9Cl2F2NO2. The number of amides is 1. The van der Waals surface area contributed by atoms with E-state index in [0.717, 1.165) is 12.1 Å². The SMILES string of the molecule is O=C(COc1ccc(F)c(F)c1)Nc1ccc(Cl)c(Cl)c1. The lowest BCUT2D eigenvalue weighted by atomic mass is 10.3. The molecule has 0 unspecified atom stereocenters. The van der Waals surface area contributed by atoms with Gasteiger partial charge in [-0.1, -0.05) is 23.2 Å². The molecule has 0 bridgehead atoms. The lowest BCUT2D eigenvalue weighted by Gasteiger charge is -2.08. The van der Waals surface area contributed by atoms with Gasteiger partial charge in [-0.05, 0) is 30.3 Å². The van der Waals surface area contributed by atoms with Gasteiger partial charge in [0.2, 0.25) is 0 Å². The molecule has 0 saturated heterocycles. The van der Waals surface area contributed by atoms with Crippen LogP contribution in [0, 0.1) is 11.6 Å². The van der Waals surface area contributed by atoms with E-state index in [1.54, 1.807) is 6.07 Å². The van der Waals surface area contributed by atoms with Crippen LogP contribution in [0.15, 0.2) is 36.4 Å². The smallest absolute Gasteiger partial charge is 0.262 e. The molecule has 2 aromatic carbocycles. The second-order valence-corrected chi connectivity index (χ2v) is 4.86. The maximum atomic E-state index is 13.0. The van der Waals surface area contributed by atoms with Crippen LogP contribution in [0.4, 0.5) is 14.5 Å². The molecule has 1 N–H and O–H groups in total. The zero-order valence-electron chi connectivity index (χ0n) is 10.5. The van der Waals surface area contributed by atoms with Gasteiger partial charge >= 0.3 is 0 Å². The standard InChI is InChI=1S/C14H9Cl2F2NO2/c15-10-3-1-8(5-11(10)16)19-14(20)7-21-9-2-4-12(17)13(18)6-9/h1-6H,7H2,(H,19,20). The fraction of sp³-hybridized carbons (Fsp3) is 0.0714.